The first kappa shape index (κ1) is 12.2. The van der Waals surface area contributed by atoms with E-state index in [1.165, 1.54) is 0 Å². The smallest absolute Gasteiger partial charge is 0.160 e. The SMILES string of the molecule is COc1cc(CN2CCOCC2C)ccc1O. The summed E-state index contributed by atoms with van der Waals surface area (Å²) in [6, 6.07) is 5.93. The van der Waals surface area contributed by atoms with Crippen molar-refractivity contribution < 1.29 is 14.6 Å². The molecule has 0 spiro atoms. The van der Waals surface area contributed by atoms with Gasteiger partial charge in [-0.1, -0.05) is 6.07 Å². The Bertz CT molecular complexity index is 381. The Hall–Kier alpha value is -1.26. The van der Waals surface area contributed by atoms with E-state index < -0.39 is 0 Å². The molecule has 0 bridgehead atoms. The third kappa shape index (κ3) is 2.90. The first-order valence-corrected chi connectivity index (χ1v) is 5.88. The van der Waals surface area contributed by atoms with Crippen LogP contribution in [0.2, 0.25) is 0 Å². The third-order valence-electron chi connectivity index (χ3n) is 3.14. The molecule has 1 heterocycles. The lowest BCUT2D eigenvalue weighted by Gasteiger charge is -2.33. The molecule has 1 aromatic carbocycles. The highest BCUT2D eigenvalue weighted by molar-refractivity contribution is 5.41. The number of aromatic hydroxyl groups is 1. The molecule has 1 N–H and O–H groups in total. The van der Waals surface area contributed by atoms with Gasteiger partial charge in [-0.3, -0.25) is 4.90 Å². The van der Waals surface area contributed by atoms with Crippen LogP contribution in [-0.2, 0) is 11.3 Å². The number of nitrogens with zero attached hydrogens (tertiary/aromatic N) is 1. The lowest BCUT2D eigenvalue weighted by molar-refractivity contribution is -0.00439. The van der Waals surface area contributed by atoms with Crippen molar-refractivity contribution >= 4 is 0 Å². The molecule has 4 nitrogen and oxygen atoms in total. The number of ether oxygens (including phenoxy) is 2. The van der Waals surface area contributed by atoms with Gasteiger partial charge in [0.25, 0.3) is 0 Å². The molecule has 1 aliphatic heterocycles. The van der Waals surface area contributed by atoms with E-state index in [0.717, 1.165) is 31.9 Å². The average molecular weight is 237 g/mol. The van der Waals surface area contributed by atoms with Gasteiger partial charge in [-0.2, -0.15) is 0 Å². The van der Waals surface area contributed by atoms with Gasteiger partial charge in [0.1, 0.15) is 0 Å². The van der Waals surface area contributed by atoms with Crippen molar-refractivity contribution in [3.8, 4) is 11.5 Å². The molecule has 1 aromatic rings. The zero-order valence-electron chi connectivity index (χ0n) is 10.3. The Balaban J connectivity index is 2.07. The van der Waals surface area contributed by atoms with E-state index >= 15 is 0 Å². The lowest BCUT2D eigenvalue weighted by Crippen LogP contribution is -2.42. The molecule has 0 amide bonds. The second kappa shape index (κ2) is 5.38. The summed E-state index contributed by atoms with van der Waals surface area (Å²) in [5.41, 5.74) is 1.15. The van der Waals surface area contributed by atoms with Gasteiger partial charge in [-0.05, 0) is 24.6 Å². The number of hydrogen-bond donors (Lipinski definition) is 1. The fourth-order valence-corrected chi connectivity index (χ4v) is 2.05. The molecule has 17 heavy (non-hydrogen) atoms. The Morgan fingerprint density at radius 1 is 1.53 bits per heavy atom. The van der Waals surface area contributed by atoms with Crippen LogP contribution in [0.25, 0.3) is 0 Å². The molecule has 1 atom stereocenters. The fourth-order valence-electron chi connectivity index (χ4n) is 2.05. The normalized spacial score (nSPS) is 21.4. The van der Waals surface area contributed by atoms with E-state index in [2.05, 4.69) is 11.8 Å². The number of benzene rings is 1. The number of methoxy groups -OCH3 is 1. The lowest BCUT2D eigenvalue weighted by atomic mass is 10.1. The highest BCUT2D eigenvalue weighted by atomic mass is 16.5. The summed E-state index contributed by atoms with van der Waals surface area (Å²) in [6.45, 7) is 5.55. The van der Waals surface area contributed by atoms with Crippen molar-refractivity contribution in [3.05, 3.63) is 23.8 Å². The van der Waals surface area contributed by atoms with Crippen molar-refractivity contribution in [1.29, 1.82) is 0 Å². The van der Waals surface area contributed by atoms with E-state index in [1.54, 1.807) is 13.2 Å². The monoisotopic (exact) mass is 237 g/mol. The first-order chi connectivity index (χ1) is 8.20. The van der Waals surface area contributed by atoms with Crippen molar-refractivity contribution in [3.63, 3.8) is 0 Å². The van der Waals surface area contributed by atoms with Gasteiger partial charge in [0.2, 0.25) is 0 Å². The van der Waals surface area contributed by atoms with Crippen LogP contribution >= 0.6 is 0 Å². The van der Waals surface area contributed by atoms with Crippen molar-refractivity contribution in [2.75, 3.05) is 26.9 Å². The average Bonchev–Trinajstić information content (AvgIpc) is 2.34. The van der Waals surface area contributed by atoms with Crippen LogP contribution in [0.4, 0.5) is 0 Å². The third-order valence-corrected chi connectivity index (χ3v) is 3.14. The maximum absolute atomic E-state index is 9.53. The minimum absolute atomic E-state index is 0.186. The van der Waals surface area contributed by atoms with Crippen molar-refractivity contribution in [2.24, 2.45) is 0 Å². The maximum Gasteiger partial charge on any atom is 0.160 e. The van der Waals surface area contributed by atoms with Crippen molar-refractivity contribution in [2.45, 2.75) is 19.5 Å². The number of phenols is 1. The summed E-state index contributed by atoms with van der Waals surface area (Å²) >= 11 is 0. The topological polar surface area (TPSA) is 41.9 Å². The summed E-state index contributed by atoms with van der Waals surface area (Å²) in [6.07, 6.45) is 0. The van der Waals surface area contributed by atoms with Crippen LogP contribution in [0, 0.1) is 0 Å². The van der Waals surface area contributed by atoms with Gasteiger partial charge in [-0.15, -0.1) is 0 Å². The summed E-state index contributed by atoms with van der Waals surface area (Å²) < 4.78 is 10.5. The van der Waals surface area contributed by atoms with Crippen LogP contribution in [0.15, 0.2) is 18.2 Å². The predicted molar refractivity (Wildman–Crippen MR) is 65.3 cm³/mol. The molecule has 94 valence electrons. The highest BCUT2D eigenvalue weighted by Gasteiger charge is 2.19. The minimum Gasteiger partial charge on any atom is -0.504 e. The van der Waals surface area contributed by atoms with Crippen molar-refractivity contribution in [1.82, 2.24) is 4.90 Å². The Morgan fingerprint density at radius 3 is 3.06 bits per heavy atom. The number of hydrogen-bond acceptors (Lipinski definition) is 4. The molecule has 0 aromatic heterocycles. The molecule has 1 unspecified atom stereocenters. The zero-order valence-corrected chi connectivity index (χ0v) is 10.3. The molecular weight excluding hydrogens is 218 g/mol. The van der Waals surface area contributed by atoms with Crippen LogP contribution in [0.1, 0.15) is 12.5 Å². The molecule has 0 saturated carbocycles. The van der Waals surface area contributed by atoms with Crippen LogP contribution in [-0.4, -0.2) is 42.9 Å². The Labute approximate surface area is 102 Å². The van der Waals surface area contributed by atoms with E-state index in [4.69, 9.17) is 9.47 Å². The summed E-state index contributed by atoms with van der Waals surface area (Å²) in [5, 5.41) is 9.53. The zero-order chi connectivity index (χ0) is 12.3. The second-order valence-corrected chi connectivity index (χ2v) is 4.40. The number of morpholine rings is 1. The minimum atomic E-state index is 0.186. The van der Waals surface area contributed by atoms with E-state index in [0.29, 0.717) is 11.8 Å². The number of rotatable bonds is 3. The highest BCUT2D eigenvalue weighted by Crippen LogP contribution is 2.27. The molecule has 1 saturated heterocycles. The van der Waals surface area contributed by atoms with Gasteiger partial charge >= 0.3 is 0 Å². The van der Waals surface area contributed by atoms with Crippen LogP contribution < -0.4 is 4.74 Å². The summed E-state index contributed by atoms with van der Waals surface area (Å²) in [5.74, 6) is 0.717. The molecule has 2 rings (SSSR count). The summed E-state index contributed by atoms with van der Waals surface area (Å²) in [4.78, 5) is 2.37. The van der Waals surface area contributed by atoms with Crippen LogP contribution in [0.3, 0.4) is 0 Å². The quantitative estimate of drug-likeness (QED) is 0.867. The molecule has 0 aliphatic carbocycles. The van der Waals surface area contributed by atoms with Gasteiger partial charge in [0.15, 0.2) is 11.5 Å². The number of phenolic OH excluding ortho intramolecular Hbond substituents is 1. The van der Waals surface area contributed by atoms with Gasteiger partial charge in [-0.25, -0.2) is 0 Å². The Morgan fingerprint density at radius 2 is 2.35 bits per heavy atom. The predicted octanol–water partition coefficient (Wildman–Crippen LogP) is 1.62. The van der Waals surface area contributed by atoms with Gasteiger partial charge < -0.3 is 14.6 Å². The molecular formula is C13H19NO3. The fraction of sp³-hybridized carbons (Fsp3) is 0.538. The van der Waals surface area contributed by atoms with E-state index in [9.17, 15) is 5.11 Å². The van der Waals surface area contributed by atoms with Crippen LogP contribution in [0.5, 0.6) is 11.5 Å². The summed E-state index contributed by atoms with van der Waals surface area (Å²) in [7, 11) is 1.57. The molecule has 4 heteroatoms. The van der Waals surface area contributed by atoms with Gasteiger partial charge in [0, 0.05) is 19.1 Å². The molecule has 1 aliphatic rings. The van der Waals surface area contributed by atoms with Gasteiger partial charge in [0.05, 0.1) is 20.3 Å². The second-order valence-electron chi connectivity index (χ2n) is 4.40. The first-order valence-electron chi connectivity index (χ1n) is 5.88. The Kier molecular flexibility index (Phi) is 3.86. The molecule has 1 fully saturated rings. The largest absolute Gasteiger partial charge is 0.504 e. The molecule has 0 radical (unpaired) electrons. The van der Waals surface area contributed by atoms with E-state index in [-0.39, 0.29) is 5.75 Å². The van der Waals surface area contributed by atoms with E-state index in [1.807, 2.05) is 12.1 Å². The maximum atomic E-state index is 9.53. The standard InChI is InChI=1S/C13H19NO3/c1-10-9-17-6-5-14(10)8-11-3-4-12(15)13(7-11)16-2/h3-4,7,10,15H,5-6,8-9H2,1-2H3.